The van der Waals surface area contributed by atoms with E-state index in [0.29, 0.717) is 5.56 Å². The molecule has 2 aliphatic heterocycles. The number of para-hydroxylation sites is 1. The van der Waals surface area contributed by atoms with Crippen molar-refractivity contribution in [2.75, 3.05) is 18.4 Å². The molecule has 0 spiro atoms. The number of piperidine rings is 1. The minimum absolute atomic E-state index is 0.0733. The van der Waals surface area contributed by atoms with Gasteiger partial charge in [-0.25, -0.2) is 0 Å². The second kappa shape index (κ2) is 7.92. The Morgan fingerprint density at radius 1 is 1.04 bits per heavy atom. The SMILES string of the molecule is O=C1C[C@H](NC(=O)c2ccc(CN3CCCCC3)cc2)c2ccccc2N1. The molecule has 0 aliphatic carbocycles. The fourth-order valence-corrected chi connectivity index (χ4v) is 3.92. The number of carbonyl (C=O) groups is 2. The van der Waals surface area contributed by atoms with Crippen LogP contribution < -0.4 is 10.6 Å². The summed E-state index contributed by atoms with van der Waals surface area (Å²) in [5.41, 5.74) is 3.58. The number of carbonyl (C=O) groups excluding carboxylic acids is 2. The largest absolute Gasteiger partial charge is 0.345 e. The number of nitrogens with zero attached hydrogens (tertiary/aromatic N) is 1. The van der Waals surface area contributed by atoms with Crippen LogP contribution in [0.3, 0.4) is 0 Å². The first-order chi connectivity index (χ1) is 13.2. The number of anilines is 1. The van der Waals surface area contributed by atoms with Crippen molar-refractivity contribution >= 4 is 17.5 Å². The fraction of sp³-hybridized carbons (Fsp3) is 0.364. The summed E-state index contributed by atoms with van der Waals surface area (Å²) < 4.78 is 0. The molecule has 1 fully saturated rings. The molecule has 0 unspecified atom stereocenters. The quantitative estimate of drug-likeness (QED) is 0.874. The summed E-state index contributed by atoms with van der Waals surface area (Å²) in [5.74, 6) is -0.218. The zero-order valence-corrected chi connectivity index (χ0v) is 15.4. The van der Waals surface area contributed by atoms with Gasteiger partial charge in [-0.05, 0) is 55.3 Å². The normalized spacial score (nSPS) is 19.9. The molecule has 2 heterocycles. The van der Waals surface area contributed by atoms with Crippen molar-refractivity contribution in [1.82, 2.24) is 10.2 Å². The van der Waals surface area contributed by atoms with Gasteiger partial charge in [-0.3, -0.25) is 14.5 Å². The summed E-state index contributed by atoms with van der Waals surface area (Å²) in [6, 6.07) is 15.1. The molecule has 2 aromatic rings. The van der Waals surface area contributed by atoms with Crippen LogP contribution in [-0.4, -0.2) is 29.8 Å². The number of hydrogen-bond acceptors (Lipinski definition) is 3. The number of rotatable bonds is 4. The van der Waals surface area contributed by atoms with Crippen LogP contribution in [0.15, 0.2) is 48.5 Å². The molecule has 1 atom stereocenters. The van der Waals surface area contributed by atoms with Gasteiger partial charge in [0.15, 0.2) is 0 Å². The van der Waals surface area contributed by atoms with E-state index in [9.17, 15) is 9.59 Å². The molecule has 2 aliphatic rings. The van der Waals surface area contributed by atoms with Crippen molar-refractivity contribution in [2.45, 2.75) is 38.3 Å². The van der Waals surface area contributed by atoms with Crippen molar-refractivity contribution in [3.63, 3.8) is 0 Å². The van der Waals surface area contributed by atoms with Crippen LogP contribution in [0, 0.1) is 0 Å². The van der Waals surface area contributed by atoms with Crippen molar-refractivity contribution in [2.24, 2.45) is 0 Å². The van der Waals surface area contributed by atoms with Crippen LogP contribution in [0.5, 0.6) is 0 Å². The second-order valence-corrected chi connectivity index (χ2v) is 7.40. The van der Waals surface area contributed by atoms with E-state index in [2.05, 4.69) is 15.5 Å². The molecule has 0 aromatic heterocycles. The van der Waals surface area contributed by atoms with E-state index in [-0.39, 0.29) is 24.3 Å². The smallest absolute Gasteiger partial charge is 0.251 e. The van der Waals surface area contributed by atoms with Gasteiger partial charge in [-0.1, -0.05) is 36.8 Å². The van der Waals surface area contributed by atoms with Gasteiger partial charge in [0.2, 0.25) is 5.91 Å². The molecule has 0 bridgehead atoms. The zero-order chi connectivity index (χ0) is 18.6. The van der Waals surface area contributed by atoms with Crippen LogP contribution in [-0.2, 0) is 11.3 Å². The molecular formula is C22H25N3O2. The van der Waals surface area contributed by atoms with Crippen LogP contribution in [0.25, 0.3) is 0 Å². The zero-order valence-electron chi connectivity index (χ0n) is 15.4. The Morgan fingerprint density at radius 3 is 2.56 bits per heavy atom. The number of likely N-dealkylation sites (tertiary alicyclic amines) is 1. The van der Waals surface area contributed by atoms with E-state index in [4.69, 9.17) is 0 Å². The van der Waals surface area contributed by atoms with Crippen molar-refractivity contribution in [3.05, 3.63) is 65.2 Å². The van der Waals surface area contributed by atoms with Gasteiger partial charge in [0.05, 0.1) is 12.5 Å². The molecule has 5 nitrogen and oxygen atoms in total. The first kappa shape index (κ1) is 17.7. The predicted octanol–water partition coefficient (Wildman–Crippen LogP) is 3.49. The van der Waals surface area contributed by atoms with Crippen LogP contribution in [0.1, 0.15) is 53.2 Å². The summed E-state index contributed by atoms with van der Waals surface area (Å²) in [5, 5.41) is 5.87. The second-order valence-electron chi connectivity index (χ2n) is 7.40. The average molecular weight is 363 g/mol. The van der Waals surface area contributed by atoms with Gasteiger partial charge < -0.3 is 10.6 Å². The Morgan fingerprint density at radius 2 is 1.78 bits per heavy atom. The maximum atomic E-state index is 12.7. The molecule has 2 amide bonds. The molecule has 0 radical (unpaired) electrons. The molecular weight excluding hydrogens is 338 g/mol. The molecule has 27 heavy (non-hydrogen) atoms. The molecule has 0 saturated carbocycles. The average Bonchev–Trinajstić information content (AvgIpc) is 2.69. The monoisotopic (exact) mass is 363 g/mol. The highest BCUT2D eigenvalue weighted by Crippen LogP contribution is 2.30. The third-order valence-corrected chi connectivity index (χ3v) is 5.38. The summed E-state index contributed by atoms with van der Waals surface area (Å²) in [7, 11) is 0. The lowest BCUT2D eigenvalue weighted by Crippen LogP contribution is -2.35. The number of nitrogens with one attached hydrogen (secondary N) is 2. The van der Waals surface area contributed by atoms with E-state index in [1.165, 1.54) is 24.8 Å². The topological polar surface area (TPSA) is 61.4 Å². The highest BCUT2D eigenvalue weighted by Gasteiger charge is 2.26. The first-order valence-electron chi connectivity index (χ1n) is 9.70. The van der Waals surface area contributed by atoms with E-state index in [1.54, 1.807) is 0 Å². The lowest BCUT2D eigenvalue weighted by Gasteiger charge is -2.27. The fourth-order valence-electron chi connectivity index (χ4n) is 3.92. The molecule has 1 saturated heterocycles. The van der Waals surface area contributed by atoms with Gasteiger partial charge in [-0.2, -0.15) is 0 Å². The number of fused-ring (bicyclic) bond motifs is 1. The van der Waals surface area contributed by atoms with Crippen molar-refractivity contribution < 1.29 is 9.59 Å². The number of amides is 2. The summed E-state index contributed by atoms with van der Waals surface area (Å²) in [6.45, 7) is 3.26. The van der Waals surface area contributed by atoms with E-state index in [0.717, 1.165) is 30.9 Å². The third-order valence-electron chi connectivity index (χ3n) is 5.38. The molecule has 5 heteroatoms. The van der Waals surface area contributed by atoms with Gasteiger partial charge in [0, 0.05) is 17.8 Å². The summed E-state index contributed by atoms with van der Waals surface area (Å²) >= 11 is 0. The minimum atomic E-state index is -0.296. The van der Waals surface area contributed by atoms with Gasteiger partial charge in [-0.15, -0.1) is 0 Å². The Hall–Kier alpha value is -2.66. The van der Waals surface area contributed by atoms with Crippen molar-refractivity contribution in [1.29, 1.82) is 0 Å². The minimum Gasteiger partial charge on any atom is -0.345 e. The lowest BCUT2D eigenvalue weighted by molar-refractivity contribution is -0.116. The maximum absolute atomic E-state index is 12.7. The molecule has 2 N–H and O–H groups in total. The highest BCUT2D eigenvalue weighted by atomic mass is 16.2. The lowest BCUT2D eigenvalue weighted by atomic mass is 9.97. The maximum Gasteiger partial charge on any atom is 0.251 e. The van der Waals surface area contributed by atoms with E-state index < -0.39 is 0 Å². The van der Waals surface area contributed by atoms with Crippen LogP contribution in [0.4, 0.5) is 5.69 Å². The Bertz CT molecular complexity index is 826. The Labute approximate surface area is 159 Å². The molecule has 4 rings (SSSR count). The Balaban J connectivity index is 1.42. The number of hydrogen-bond donors (Lipinski definition) is 2. The molecule has 140 valence electrons. The van der Waals surface area contributed by atoms with Crippen LogP contribution in [0.2, 0.25) is 0 Å². The number of benzene rings is 2. The molecule has 2 aromatic carbocycles. The highest BCUT2D eigenvalue weighted by molar-refractivity contribution is 5.98. The van der Waals surface area contributed by atoms with E-state index >= 15 is 0 Å². The third kappa shape index (κ3) is 4.19. The van der Waals surface area contributed by atoms with Gasteiger partial charge in [0.1, 0.15) is 0 Å². The van der Waals surface area contributed by atoms with Gasteiger partial charge in [0.25, 0.3) is 5.91 Å². The Kier molecular flexibility index (Phi) is 5.21. The first-order valence-corrected chi connectivity index (χ1v) is 9.70. The standard InChI is InChI=1S/C22H25N3O2/c26-21-14-20(18-6-2-3-7-19(18)23-21)24-22(27)17-10-8-16(9-11-17)15-25-12-4-1-5-13-25/h2-3,6-11,20H,1,4-5,12-15H2,(H,23,26)(H,24,27)/t20-/m0/s1. The summed E-state index contributed by atoms with van der Waals surface area (Å²) in [6.07, 6.45) is 4.14. The predicted molar refractivity (Wildman–Crippen MR) is 105 cm³/mol. The van der Waals surface area contributed by atoms with Gasteiger partial charge >= 0.3 is 0 Å². The van der Waals surface area contributed by atoms with Crippen LogP contribution >= 0.6 is 0 Å². The summed E-state index contributed by atoms with van der Waals surface area (Å²) in [4.78, 5) is 27.1. The van der Waals surface area contributed by atoms with E-state index in [1.807, 2.05) is 48.5 Å². The van der Waals surface area contributed by atoms with Crippen molar-refractivity contribution in [3.8, 4) is 0 Å².